The van der Waals surface area contributed by atoms with Crippen molar-refractivity contribution >= 4 is 16.6 Å². The van der Waals surface area contributed by atoms with Gasteiger partial charge in [-0.15, -0.1) is 0 Å². The van der Waals surface area contributed by atoms with E-state index >= 15 is 0 Å². The molecular formula is C16H17F4N3. The van der Waals surface area contributed by atoms with Crippen LogP contribution in [0.1, 0.15) is 6.92 Å². The maximum absolute atomic E-state index is 13.3. The zero-order valence-electron chi connectivity index (χ0n) is 12.6. The predicted octanol–water partition coefficient (Wildman–Crippen LogP) is 3.45. The number of nitrogens with zero attached hydrogens (tertiary/aromatic N) is 3. The fourth-order valence-electron chi connectivity index (χ4n) is 3.06. The number of halogens is 4. The third kappa shape index (κ3) is 3.55. The van der Waals surface area contributed by atoms with Gasteiger partial charge < -0.3 is 4.90 Å². The summed E-state index contributed by atoms with van der Waals surface area (Å²) in [5.74, 6) is -0.356. The lowest BCUT2D eigenvalue weighted by Crippen LogP contribution is -2.54. The molecule has 7 heteroatoms. The smallest absolute Gasteiger partial charge is 0.368 e. The van der Waals surface area contributed by atoms with Gasteiger partial charge in [0.2, 0.25) is 0 Å². The van der Waals surface area contributed by atoms with Crippen LogP contribution in [0, 0.1) is 5.82 Å². The van der Waals surface area contributed by atoms with E-state index in [2.05, 4.69) is 4.98 Å². The van der Waals surface area contributed by atoms with Crippen LogP contribution in [-0.4, -0.2) is 48.3 Å². The Morgan fingerprint density at radius 3 is 2.70 bits per heavy atom. The highest BCUT2D eigenvalue weighted by molar-refractivity contribution is 5.91. The van der Waals surface area contributed by atoms with Crippen molar-refractivity contribution in [3.63, 3.8) is 0 Å². The normalized spacial score (nSPS) is 20.2. The molecule has 0 saturated carbocycles. The Balaban J connectivity index is 1.82. The number of alkyl halides is 3. The zero-order valence-corrected chi connectivity index (χ0v) is 12.6. The highest BCUT2D eigenvalue weighted by atomic mass is 19.4. The Labute approximate surface area is 131 Å². The zero-order chi connectivity index (χ0) is 16.6. The van der Waals surface area contributed by atoms with E-state index in [-0.39, 0.29) is 11.9 Å². The summed E-state index contributed by atoms with van der Waals surface area (Å²) in [6, 6.07) is 6.01. The Bertz CT molecular complexity index is 701. The lowest BCUT2D eigenvalue weighted by atomic mass is 10.1. The summed E-state index contributed by atoms with van der Waals surface area (Å²) >= 11 is 0. The van der Waals surface area contributed by atoms with Crippen LogP contribution in [0.25, 0.3) is 10.9 Å². The first-order valence-electron chi connectivity index (χ1n) is 7.43. The second-order valence-electron chi connectivity index (χ2n) is 5.87. The lowest BCUT2D eigenvalue weighted by molar-refractivity contribution is -0.150. The van der Waals surface area contributed by atoms with Gasteiger partial charge in [0.15, 0.2) is 0 Å². The van der Waals surface area contributed by atoms with Crippen LogP contribution >= 0.6 is 0 Å². The van der Waals surface area contributed by atoms with Crippen molar-refractivity contribution in [2.75, 3.05) is 31.1 Å². The van der Waals surface area contributed by atoms with Crippen molar-refractivity contribution in [2.24, 2.45) is 0 Å². The van der Waals surface area contributed by atoms with Crippen LogP contribution in [0.4, 0.5) is 23.2 Å². The van der Waals surface area contributed by atoms with E-state index in [0.29, 0.717) is 25.2 Å². The number of piperazine rings is 1. The van der Waals surface area contributed by atoms with Gasteiger partial charge in [-0.2, -0.15) is 13.2 Å². The first kappa shape index (κ1) is 16.0. The fourth-order valence-corrected chi connectivity index (χ4v) is 3.06. The third-order valence-electron chi connectivity index (χ3n) is 4.17. The van der Waals surface area contributed by atoms with Gasteiger partial charge >= 0.3 is 6.18 Å². The van der Waals surface area contributed by atoms with Crippen LogP contribution < -0.4 is 4.90 Å². The molecule has 0 N–H and O–H groups in total. The molecule has 1 aromatic carbocycles. The maximum atomic E-state index is 13.3. The van der Waals surface area contributed by atoms with Gasteiger partial charge in [0.25, 0.3) is 0 Å². The molecule has 124 valence electrons. The summed E-state index contributed by atoms with van der Waals surface area (Å²) in [6.45, 7) is 2.24. The Morgan fingerprint density at radius 2 is 2.00 bits per heavy atom. The highest BCUT2D eigenvalue weighted by Crippen LogP contribution is 2.28. The number of rotatable bonds is 2. The number of anilines is 1. The number of hydrogen-bond donors (Lipinski definition) is 0. The quantitative estimate of drug-likeness (QED) is 0.788. The highest BCUT2D eigenvalue weighted by Gasteiger charge is 2.35. The molecule has 2 aromatic rings. The van der Waals surface area contributed by atoms with Crippen molar-refractivity contribution in [1.82, 2.24) is 9.88 Å². The van der Waals surface area contributed by atoms with Crippen LogP contribution in [0.5, 0.6) is 0 Å². The Kier molecular flexibility index (Phi) is 4.14. The molecule has 1 aliphatic rings. The molecule has 2 heterocycles. The minimum Gasteiger partial charge on any atom is -0.368 e. The molecule has 1 aromatic heterocycles. The largest absolute Gasteiger partial charge is 0.401 e. The topological polar surface area (TPSA) is 19.4 Å². The summed E-state index contributed by atoms with van der Waals surface area (Å²) in [6.07, 6.45) is -2.58. The minimum absolute atomic E-state index is 0.214. The van der Waals surface area contributed by atoms with E-state index in [1.165, 1.54) is 17.0 Å². The van der Waals surface area contributed by atoms with Gasteiger partial charge in [-0.1, -0.05) is 0 Å². The number of benzene rings is 1. The molecular weight excluding hydrogens is 310 g/mol. The fraction of sp³-hybridized carbons (Fsp3) is 0.438. The van der Waals surface area contributed by atoms with E-state index < -0.39 is 12.7 Å². The van der Waals surface area contributed by atoms with Gasteiger partial charge in [-0.05, 0) is 25.1 Å². The lowest BCUT2D eigenvalue weighted by Gasteiger charge is -2.41. The summed E-state index contributed by atoms with van der Waals surface area (Å²) < 4.78 is 51.1. The number of fused-ring (bicyclic) bond motifs is 1. The monoisotopic (exact) mass is 327 g/mol. The Hall–Kier alpha value is -1.89. The molecule has 3 rings (SSSR count). The molecule has 0 radical (unpaired) electrons. The van der Waals surface area contributed by atoms with Crippen molar-refractivity contribution in [3.05, 3.63) is 36.3 Å². The third-order valence-corrected chi connectivity index (χ3v) is 4.17. The molecule has 1 unspecified atom stereocenters. The minimum atomic E-state index is -4.18. The van der Waals surface area contributed by atoms with Crippen LogP contribution in [-0.2, 0) is 0 Å². The van der Waals surface area contributed by atoms with Crippen molar-refractivity contribution < 1.29 is 17.6 Å². The molecule has 3 nitrogen and oxygen atoms in total. The number of hydrogen-bond acceptors (Lipinski definition) is 3. The van der Waals surface area contributed by atoms with Crippen molar-refractivity contribution in [3.8, 4) is 0 Å². The van der Waals surface area contributed by atoms with Crippen LogP contribution in [0.3, 0.4) is 0 Å². The molecule has 0 amide bonds. The van der Waals surface area contributed by atoms with Gasteiger partial charge in [0.1, 0.15) is 5.82 Å². The number of aromatic nitrogens is 1. The molecule has 1 saturated heterocycles. The summed E-state index contributed by atoms with van der Waals surface area (Å²) in [5.41, 5.74) is 1.43. The average Bonchev–Trinajstić information content (AvgIpc) is 2.47. The van der Waals surface area contributed by atoms with E-state index in [1.807, 2.05) is 11.0 Å². The first-order chi connectivity index (χ1) is 10.8. The second-order valence-corrected chi connectivity index (χ2v) is 5.87. The Morgan fingerprint density at radius 1 is 1.22 bits per heavy atom. The summed E-state index contributed by atoms with van der Waals surface area (Å²) in [5, 5.41) is 0.811. The summed E-state index contributed by atoms with van der Waals surface area (Å²) in [7, 11) is 0. The van der Waals surface area contributed by atoms with E-state index in [0.717, 1.165) is 11.1 Å². The predicted molar refractivity (Wildman–Crippen MR) is 81.0 cm³/mol. The van der Waals surface area contributed by atoms with Crippen molar-refractivity contribution in [1.29, 1.82) is 0 Å². The SMILES string of the molecule is CC1CN(c2ccnc3cc(F)ccc23)CCN1CC(F)(F)F. The van der Waals surface area contributed by atoms with Crippen LogP contribution in [0.2, 0.25) is 0 Å². The van der Waals surface area contributed by atoms with E-state index in [9.17, 15) is 17.6 Å². The second kappa shape index (κ2) is 5.96. The number of pyridine rings is 1. The van der Waals surface area contributed by atoms with Gasteiger partial charge in [0, 0.05) is 49.0 Å². The molecule has 23 heavy (non-hydrogen) atoms. The molecule has 1 aliphatic heterocycles. The summed E-state index contributed by atoms with van der Waals surface area (Å²) in [4.78, 5) is 7.64. The van der Waals surface area contributed by atoms with Gasteiger partial charge in [0.05, 0.1) is 12.1 Å². The van der Waals surface area contributed by atoms with Crippen LogP contribution in [0.15, 0.2) is 30.5 Å². The molecule has 1 fully saturated rings. The molecule has 0 aliphatic carbocycles. The average molecular weight is 327 g/mol. The van der Waals surface area contributed by atoms with Gasteiger partial charge in [-0.25, -0.2) is 4.39 Å². The standard InChI is InChI=1S/C16H17F4N3/c1-11-9-22(6-7-23(11)10-16(18,19)20)15-4-5-21-14-8-12(17)2-3-13(14)15/h2-5,8,11H,6-7,9-10H2,1H3. The van der Waals surface area contributed by atoms with E-state index in [1.54, 1.807) is 19.2 Å². The maximum Gasteiger partial charge on any atom is 0.401 e. The van der Waals surface area contributed by atoms with Gasteiger partial charge in [-0.3, -0.25) is 9.88 Å². The first-order valence-corrected chi connectivity index (χ1v) is 7.43. The van der Waals surface area contributed by atoms with Crippen molar-refractivity contribution in [2.45, 2.75) is 19.1 Å². The van der Waals surface area contributed by atoms with E-state index in [4.69, 9.17) is 0 Å². The molecule has 0 bridgehead atoms. The molecule has 1 atom stereocenters. The molecule has 0 spiro atoms.